The van der Waals surface area contributed by atoms with Gasteiger partial charge >= 0.3 is 0 Å². The molecule has 1 rings (SSSR count). The Morgan fingerprint density at radius 2 is 1.78 bits per heavy atom. The van der Waals surface area contributed by atoms with Gasteiger partial charge in [0.25, 0.3) is 0 Å². The summed E-state index contributed by atoms with van der Waals surface area (Å²) in [5, 5.41) is 7.18. The van der Waals surface area contributed by atoms with Crippen molar-refractivity contribution in [2.75, 3.05) is 13.1 Å². The van der Waals surface area contributed by atoms with Crippen LogP contribution in [-0.2, 0) is 0 Å². The molecule has 0 aliphatic carbocycles. The number of nitrogens with one attached hydrogen (secondary N) is 2. The van der Waals surface area contributed by atoms with Gasteiger partial charge in [0.2, 0.25) is 0 Å². The maximum atomic E-state index is 5.05. The van der Waals surface area contributed by atoms with Gasteiger partial charge in [-0.15, -0.1) is 0 Å². The molecule has 1 unspecified atom stereocenters. The minimum absolute atomic E-state index is 0.0205. The van der Waals surface area contributed by atoms with Gasteiger partial charge < -0.3 is 15.5 Å². The van der Waals surface area contributed by atoms with Crippen LogP contribution in [0.1, 0.15) is 80.1 Å². The summed E-state index contributed by atoms with van der Waals surface area (Å²) in [6.07, 6.45) is 9.67. The van der Waals surface area contributed by atoms with Gasteiger partial charge in [-0.3, -0.25) is 0 Å². The minimum atomic E-state index is 0.0205. The molecular weight excluding hydrogens is 284 g/mol. The number of unbranched alkanes of at least 4 members (excludes halogenated alkanes) is 2. The van der Waals surface area contributed by atoms with Crippen molar-refractivity contribution in [1.29, 1.82) is 0 Å². The molecule has 0 spiro atoms. The molecule has 1 atom stereocenters. The second-order valence-corrected chi connectivity index (χ2v) is 7.54. The van der Waals surface area contributed by atoms with Crippen LogP contribution in [0, 0.1) is 0 Å². The molecule has 1 aliphatic rings. The van der Waals surface area contributed by atoms with Gasteiger partial charge in [0.15, 0.2) is 0 Å². The average Bonchev–Trinajstić information content (AvgIpc) is 2.47. The highest BCUT2D eigenvalue weighted by molar-refractivity contribution is 5.98. The Kier molecular flexibility index (Phi) is 8.49. The second-order valence-electron chi connectivity index (χ2n) is 7.54. The van der Waals surface area contributed by atoms with Crippen LogP contribution in [0.2, 0.25) is 0 Å². The lowest BCUT2D eigenvalue weighted by atomic mass is 10.1. The van der Waals surface area contributed by atoms with E-state index in [4.69, 9.17) is 4.99 Å². The Labute approximate surface area is 143 Å². The van der Waals surface area contributed by atoms with E-state index in [1.807, 2.05) is 0 Å². The molecule has 0 saturated heterocycles. The fourth-order valence-corrected chi connectivity index (χ4v) is 2.63. The quantitative estimate of drug-likeness (QED) is 0.624. The molecule has 4 nitrogen and oxygen atoms in total. The van der Waals surface area contributed by atoms with E-state index in [0.29, 0.717) is 0 Å². The highest BCUT2D eigenvalue weighted by Gasteiger charge is 2.25. The molecule has 0 aromatic heterocycles. The van der Waals surface area contributed by atoms with E-state index in [2.05, 4.69) is 63.3 Å². The lowest BCUT2D eigenvalue weighted by Crippen LogP contribution is -2.48. The normalized spacial score (nSPS) is 18.5. The van der Waals surface area contributed by atoms with Gasteiger partial charge in [0.05, 0.1) is 5.70 Å². The van der Waals surface area contributed by atoms with Crippen molar-refractivity contribution in [3.63, 3.8) is 0 Å². The second kappa shape index (κ2) is 9.84. The predicted octanol–water partition coefficient (Wildman–Crippen LogP) is 4.25. The van der Waals surface area contributed by atoms with Crippen LogP contribution in [0.15, 0.2) is 16.9 Å². The molecule has 1 heterocycles. The predicted molar refractivity (Wildman–Crippen MR) is 102 cm³/mol. The van der Waals surface area contributed by atoms with Crippen molar-refractivity contribution < 1.29 is 0 Å². The molecule has 0 fully saturated rings. The first-order valence-electron chi connectivity index (χ1n) is 9.49. The maximum Gasteiger partial charge on any atom is 0.148 e. The van der Waals surface area contributed by atoms with E-state index in [9.17, 15) is 0 Å². The first-order chi connectivity index (χ1) is 10.9. The van der Waals surface area contributed by atoms with Crippen molar-refractivity contribution in [3.8, 4) is 0 Å². The molecule has 0 bridgehead atoms. The Bertz CT molecular complexity index is 393. The van der Waals surface area contributed by atoms with E-state index in [1.54, 1.807) is 0 Å². The molecule has 0 aromatic carbocycles. The van der Waals surface area contributed by atoms with Crippen molar-refractivity contribution in [3.05, 3.63) is 11.9 Å². The third-order valence-corrected chi connectivity index (χ3v) is 3.87. The molecule has 2 N–H and O–H groups in total. The van der Waals surface area contributed by atoms with Gasteiger partial charge in [-0.05, 0) is 40.0 Å². The summed E-state index contributed by atoms with van der Waals surface area (Å²) in [4.78, 5) is 7.48. The summed E-state index contributed by atoms with van der Waals surface area (Å²) < 4.78 is 0. The average molecular weight is 323 g/mol. The van der Waals surface area contributed by atoms with Crippen LogP contribution in [0.3, 0.4) is 0 Å². The molecule has 0 aromatic rings. The van der Waals surface area contributed by atoms with Crippen molar-refractivity contribution >= 4 is 5.84 Å². The Balaban J connectivity index is 2.93. The standard InChI is InChI=1S/C19H38N4/c1-7-10-13-20-16-15-23(14-11-8-2)17(12-9-3)21-18(16)22-19(4,5)6/h15,17,20H,7-14H2,1-6H3,(H,21,22). The summed E-state index contributed by atoms with van der Waals surface area (Å²) in [7, 11) is 0. The molecule has 0 radical (unpaired) electrons. The number of hydrogen-bond acceptors (Lipinski definition) is 4. The summed E-state index contributed by atoms with van der Waals surface area (Å²) in [5.74, 6) is 1.03. The van der Waals surface area contributed by atoms with Gasteiger partial charge in [0, 0.05) is 24.8 Å². The number of nitrogens with zero attached hydrogens (tertiary/aromatic N) is 2. The summed E-state index contributed by atoms with van der Waals surface area (Å²) in [6.45, 7) is 15.4. The lowest BCUT2D eigenvalue weighted by Gasteiger charge is -2.36. The Hall–Kier alpha value is -1.19. The van der Waals surface area contributed by atoms with Gasteiger partial charge in [0.1, 0.15) is 12.0 Å². The molecular formula is C19H38N4. The van der Waals surface area contributed by atoms with E-state index in [-0.39, 0.29) is 11.7 Å². The van der Waals surface area contributed by atoms with Crippen LogP contribution in [0.4, 0.5) is 0 Å². The fourth-order valence-electron chi connectivity index (χ4n) is 2.63. The Morgan fingerprint density at radius 1 is 1.09 bits per heavy atom. The lowest BCUT2D eigenvalue weighted by molar-refractivity contribution is 0.255. The van der Waals surface area contributed by atoms with E-state index >= 15 is 0 Å². The number of hydrogen-bond donors (Lipinski definition) is 2. The molecule has 23 heavy (non-hydrogen) atoms. The molecule has 134 valence electrons. The van der Waals surface area contributed by atoms with Crippen LogP contribution < -0.4 is 10.6 Å². The fraction of sp³-hybridized carbons (Fsp3) is 0.842. The summed E-state index contributed by atoms with van der Waals surface area (Å²) in [6, 6.07) is 0. The first kappa shape index (κ1) is 19.9. The zero-order chi connectivity index (χ0) is 17.3. The third-order valence-electron chi connectivity index (χ3n) is 3.87. The highest BCUT2D eigenvalue weighted by atomic mass is 15.3. The first-order valence-corrected chi connectivity index (χ1v) is 9.49. The monoisotopic (exact) mass is 322 g/mol. The Morgan fingerprint density at radius 3 is 2.35 bits per heavy atom. The number of amidine groups is 1. The highest BCUT2D eigenvalue weighted by Crippen LogP contribution is 2.19. The van der Waals surface area contributed by atoms with Crippen molar-refractivity contribution in [2.24, 2.45) is 4.99 Å². The summed E-state index contributed by atoms with van der Waals surface area (Å²) >= 11 is 0. The largest absolute Gasteiger partial charge is 0.381 e. The van der Waals surface area contributed by atoms with Gasteiger partial charge in [-0.1, -0.05) is 40.0 Å². The van der Waals surface area contributed by atoms with Crippen LogP contribution in [-0.4, -0.2) is 35.5 Å². The van der Waals surface area contributed by atoms with Gasteiger partial charge in [-0.25, -0.2) is 4.99 Å². The van der Waals surface area contributed by atoms with E-state index in [1.165, 1.54) is 25.7 Å². The van der Waals surface area contributed by atoms with Gasteiger partial charge in [-0.2, -0.15) is 0 Å². The SMILES string of the molecule is CCCCNC1=CN(CCCC)C(CCC)N=C1NC(C)(C)C. The maximum absolute atomic E-state index is 5.05. The van der Waals surface area contributed by atoms with Crippen molar-refractivity contribution in [2.45, 2.75) is 91.8 Å². The zero-order valence-electron chi connectivity index (χ0n) is 16.2. The summed E-state index contributed by atoms with van der Waals surface area (Å²) in [5.41, 5.74) is 1.17. The van der Waals surface area contributed by atoms with Crippen LogP contribution in [0.5, 0.6) is 0 Å². The molecule has 0 saturated carbocycles. The number of aliphatic imine (C=N–C) groups is 1. The topological polar surface area (TPSA) is 39.7 Å². The van der Waals surface area contributed by atoms with Crippen LogP contribution in [0.25, 0.3) is 0 Å². The molecule has 1 aliphatic heterocycles. The minimum Gasteiger partial charge on any atom is -0.381 e. The molecule has 0 amide bonds. The third kappa shape index (κ3) is 7.28. The molecule has 4 heteroatoms. The van der Waals surface area contributed by atoms with E-state index in [0.717, 1.165) is 37.5 Å². The number of rotatable bonds is 9. The van der Waals surface area contributed by atoms with E-state index < -0.39 is 0 Å². The van der Waals surface area contributed by atoms with Crippen molar-refractivity contribution in [1.82, 2.24) is 15.5 Å². The smallest absolute Gasteiger partial charge is 0.148 e. The zero-order valence-corrected chi connectivity index (χ0v) is 16.2. The van der Waals surface area contributed by atoms with Crippen LogP contribution >= 0.6 is 0 Å².